The van der Waals surface area contributed by atoms with Crippen molar-refractivity contribution in [2.75, 3.05) is 11.1 Å². The second-order valence-electron chi connectivity index (χ2n) is 5.03. The summed E-state index contributed by atoms with van der Waals surface area (Å²) in [5, 5.41) is 7.06. The molecule has 5 heteroatoms. The highest BCUT2D eigenvalue weighted by atomic mass is 32.2. The highest BCUT2D eigenvalue weighted by molar-refractivity contribution is 8.01. The fourth-order valence-electron chi connectivity index (χ4n) is 1.51. The number of nitrogens with zero attached hydrogens (tertiary/aromatic N) is 2. The zero-order valence-corrected chi connectivity index (χ0v) is 11.6. The lowest BCUT2D eigenvalue weighted by Gasteiger charge is -2.17. The minimum absolute atomic E-state index is 0.00192. The highest BCUT2D eigenvalue weighted by Gasteiger charge is 2.14. The molecule has 0 aliphatic heterocycles. The van der Waals surface area contributed by atoms with Crippen LogP contribution in [0.15, 0.2) is 30.5 Å². The zero-order chi connectivity index (χ0) is 13.2. The molecule has 0 fully saturated rings. The van der Waals surface area contributed by atoms with Crippen LogP contribution in [0.2, 0.25) is 0 Å². The van der Waals surface area contributed by atoms with Gasteiger partial charge in [0.05, 0.1) is 17.5 Å². The van der Waals surface area contributed by atoms with Gasteiger partial charge in [-0.2, -0.15) is 5.10 Å². The van der Waals surface area contributed by atoms with Crippen molar-refractivity contribution in [2.24, 2.45) is 0 Å². The second kappa shape index (κ2) is 5.02. The summed E-state index contributed by atoms with van der Waals surface area (Å²) in [5.74, 6) is 1.15. The van der Waals surface area contributed by atoms with Gasteiger partial charge in [0.2, 0.25) is 5.91 Å². The van der Waals surface area contributed by atoms with Gasteiger partial charge in [-0.25, -0.2) is 4.52 Å². The lowest BCUT2D eigenvalue weighted by Crippen LogP contribution is -2.20. The first kappa shape index (κ1) is 13.0. The number of anilines is 1. The summed E-state index contributed by atoms with van der Waals surface area (Å²) in [7, 11) is 0. The van der Waals surface area contributed by atoms with Crippen LogP contribution in [0, 0.1) is 0 Å². The fourth-order valence-corrected chi connectivity index (χ4v) is 2.14. The maximum Gasteiger partial charge on any atom is 0.235 e. The van der Waals surface area contributed by atoms with Crippen molar-refractivity contribution in [3.8, 4) is 0 Å². The molecule has 1 N–H and O–H groups in total. The first-order valence-electron chi connectivity index (χ1n) is 5.82. The molecule has 2 heterocycles. The van der Waals surface area contributed by atoms with Crippen molar-refractivity contribution in [2.45, 2.75) is 25.5 Å². The zero-order valence-electron chi connectivity index (χ0n) is 10.8. The number of carbonyl (C=O) groups excluding carboxylic acids is 1. The van der Waals surface area contributed by atoms with Crippen LogP contribution < -0.4 is 5.32 Å². The smallest absolute Gasteiger partial charge is 0.235 e. The molecule has 18 heavy (non-hydrogen) atoms. The van der Waals surface area contributed by atoms with Gasteiger partial charge in [-0.05, 0) is 18.2 Å². The van der Waals surface area contributed by atoms with Crippen molar-refractivity contribution < 1.29 is 4.79 Å². The van der Waals surface area contributed by atoms with Crippen LogP contribution >= 0.6 is 11.8 Å². The molecule has 2 aromatic heterocycles. The predicted octanol–water partition coefficient (Wildman–Crippen LogP) is 2.80. The summed E-state index contributed by atoms with van der Waals surface area (Å²) in [4.78, 5) is 11.9. The fraction of sp³-hybridized carbons (Fsp3) is 0.385. The third kappa shape index (κ3) is 3.26. The van der Waals surface area contributed by atoms with Crippen molar-refractivity contribution in [1.29, 1.82) is 0 Å². The third-order valence-corrected chi connectivity index (χ3v) is 3.60. The molecular weight excluding hydrogens is 246 g/mol. The van der Waals surface area contributed by atoms with Crippen LogP contribution in [0.1, 0.15) is 20.8 Å². The van der Waals surface area contributed by atoms with Gasteiger partial charge >= 0.3 is 0 Å². The molecule has 0 unspecified atom stereocenters. The largest absolute Gasteiger partial charge is 0.310 e. The third-order valence-electron chi connectivity index (χ3n) is 2.33. The summed E-state index contributed by atoms with van der Waals surface area (Å²) >= 11 is 1.63. The first-order valence-corrected chi connectivity index (χ1v) is 6.81. The molecule has 0 radical (unpaired) electrons. The Bertz CT molecular complexity index is 557. The van der Waals surface area contributed by atoms with E-state index in [2.05, 4.69) is 31.2 Å². The van der Waals surface area contributed by atoms with Crippen LogP contribution in [0.3, 0.4) is 0 Å². The van der Waals surface area contributed by atoms with Crippen molar-refractivity contribution >= 4 is 29.0 Å². The number of hydrogen-bond donors (Lipinski definition) is 1. The average Bonchev–Trinajstić information content (AvgIpc) is 2.74. The molecule has 4 nitrogen and oxygen atoms in total. The van der Waals surface area contributed by atoms with Crippen LogP contribution in [-0.4, -0.2) is 26.0 Å². The Morgan fingerprint density at radius 2 is 2.17 bits per heavy atom. The molecule has 0 atom stereocenters. The minimum atomic E-state index is -0.00192. The van der Waals surface area contributed by atoms with Crippen LogP contribution in [-0.2, 0) is 4.79 Å². The molecule has 2 rings (SSSR count). The van der Waals surface area contributed by atoms with Crippen LogP contribution in [0.4, 0.5) is 5.82 Å². The monoisotopic (exact) mass is 263 g/mol. The average molecular weight is 263 g/mol. The number of hydrogen-bond acceptors (Lipinski definition) is 3. The second-order valence-corrected chi connectivity index (χ2v) is 6.83. The van der Waals surface area contributed by atoms with E-state index in [1.165, 1.54) is 0 Å². The van der Waals surface area contributed by atoms with Crippen molar-refractivity contribution in [1.82, 2.24) is 9.61 Å². The molecule has 0 aromatic carbocycles. The molecule has 2 aromatic rings. The minimum Gasteiger partial charge on any atom is -0.310 e. The van der Waals surface area contributed by atoms with E-state index in [4.69, 9.17) is 0 Å². The molecule has 0 aliphatic carbocycles. The van der Waals surface area contributed by atoms with E-state index in [0.717, 1.165) is 5.52 Å². The standard InChI is InChI=1S/C13H17N3OS/c1-13(2,3)18-9-12(17)15-11-6-4-5-10-7-8-14-16(10)11/h4-8H,9H2,1-3H3,(H,15,17). The van der Waals surface area contributed by atoms with Gasteiger partial charge in [0.25, 0.3) is 0 Å². The summed E-state index contributed by atoms with van der Waals surface area (Å²) < 4.78 is 1.81. The van der Waals surface area contributed by atoms with Gasteiger partial charge in [0, 0.05) is 4.75 Å². The molecule has 96 valence electrons. The number of rotatable bonds is 3. The van der Waals surface area contributed by atoms with Gasteiger partial charge < -0.3 is 5.32 Å². The SMILES string of the molecule is CC(C)(C)SCC(=O)Nc1cccc2ccnn12. The van der Waals surface area contributed by atoms with E-state index in [-0.39, 0.29) is 10.7 Å². The van der Waals surface area contributed by atoms with E-state index in [9.17, 15) is 4.79 Å². The Hall–Kier alpha value is -1.49. The Labute approximate surface area is 111 Å². The number of fused-ring (bicyclic) bond motifs is 1. The Morgan fingerprint density at radius 3 is 2.89 bits per heavy atom. The van der Waals surface area contributed by atoms with Crippen molar-refractivity contribution in [3.63, 3.8) is 0 Å². The van der Waals surface area contributed by atoms with Gasteiger partial charge in [0.1, 0.15) is 5.82 Å². The molecule has 0 saturated carbocycles. The number of pyridine rings is 1. The quantitative estimate of drug-likeness (QED) is 0.926. The number of thioether (sulfide) groups is 1. The summed E-state index contributed by atoms with van der Waals surface area (Å²) in [5.41, 5.74) is 0.969. The van der Waals surface area contributed by atoms with Gasteiger partial charge in [-0.1, -0.05) is 26.8 Å². The molecule has 0 saturated heterocycles. The van der Waals surface area contributed by atoms with Crippen molar-refractivity contribution in [3.05, 3.63) is 30.5 Å². The van der Waals surface area contributed by atoms with Gasteiger partial charge in [-0.3, -0.25) is 4.79 Å². The van der Waals surface area contributed by atoms with E-state index < -0.39 is 0 Å². The number of nitrogens with one attached hydrogen (secondary N) is 1. The Balaban J connectivity index is 2.05. The molecular formula is C13H17N3OS. The number of amides is 1. The highest BCUT2D eigenvalue weighted by Crippen LogP contribution is 2.23. The Kier molecular flexibility index (Phi) is 3.61. The summed E-state index contributed by atoms with van der Waals surface area (Å²) in [6, 6.07) is 7.61. The van der Waals surface area contributed by atoms with Gasteiger partial charge in [-0.15, -0.1) is 11.8 Å². The van der Waals surface area contributed by atoms with E-state index in [1.54, 1.807) is 22.5 Å². The Morgan fingerprint density at radius 1 is 1.39 bits per heavy atom. The maximum absolute atomic E-state index is 11.9. The van der Waals surface area contributed by atoms with E-state index in [0.29, 0.717) is 11.6 Å². The normalized spacial score (nSPS) is 11.7. The summed E-state index contributed by atoms with van der Waals surface area (Å²) in [6.45, 7) is 6.29. The number of aromatic nitrogens is 2. The lowest BCUT2D eigenvalue weighted by molar-refractivity contribution is -0.113. The first-order chi connectivity index (χ1) is 8.46. The molecule has 0 aliphatic rings. The lowest BCUT2D eigenvalue weighted by atomic mass is 10.3. The summed E-state index contributed by atoms with van der Waals surface area (Å²) in [6.07, 6.45) is 1.72. The van der Waals surface area contributed by atoms with E-state index in [1.807, 2.05) is 24.3 Å². The van der Waals surface area contributed by atoms with Crippen LogP contribution in [0.5, 0.6) is 0 Å². The van der Waals surface area contributed by atoms with Gasteiger partial charge in [0.15, 0.2) is 0 Å². The molecule has 0 spiro atoms. The van der Waals surface area contributed by atoms with E-state index >= 15 is 0 Å². The topological polar surface area (TPSA) is 46.4 Å². The molecule has 1 amide bonds. The maximum atomic E-state index is 11.9. The number of carbonyl (C=O) groups is 1. The molecule has 0 bridgehead atoms. The van der Waals surface area contributed by atoms with Crippen LogP contribution in [0.25, 0.3) is 5.52 Å². The predicted molar refractivity (Wildman–Crippen MR) is 76.0 cm³/mol.